The molecule has 1 aliphatic heterocycles. The monoisotopic (exact) mass is 547 g/mol. The SMILES string of the molecule is C=CC(=O)Nc1cc(Nc2ncnc(N3CCC(C)(C)c4ccc(Cl)cc43)n2)c(OCC(F)(F)F)nc1C. The number of hydrogen-bond donors (Lipinski definition) is 2. The second-order valence-corrected chi connectivity index (χ2v) is 9.69. The van der Waals surface area contributed by atoms with Crippen LogP contribution in [0.3, 0.4) is 0 Å². The van der Waals surface area contributed by atoms with Gasteiger partial charge in [-0.1, -0.05) is 38.1 Å². The number of pyridine rings is 1. The molecule has 0 fully saturated rings. The maximum atomic E-state index is 12.9. The Bertz CT molecular complexity index is 1380. The summed E-state index contributed by atoms with van der Waals surface area (Å²) in [5, 5.41) is 5.97. The fourth-order valence-corrected chi connectivity index (χ4v) is 4.16. The molecular weight excluding hydrogens is 523 g/mol. The van der Waals surface area contributed by atoms with Gasteiger partial charge in [-0.3, -0.25) is 4.79 Å². The van der Waals surface area contributed by atoms with E-state index in [0.717, 1.165) is 23.7 Å². The Hall–Kier alpha value is -3.93. The molecule has 0 saturated carbocycles. The summed E-state index contributed by atoms with van der Waals surface area (Å²) in [7, 11) is 0. The fraction of sp³-hybridized carbons (Fsp3) is 0.320. The van der Waals surface area contributed by atoms with Gasteiger partial charge in [0.05, 0.1) is 11.4 Å². The number of aryl methyl sites for hydroxylation is 1. The number of amides is 1. The molecule has 38 heavy (non-hydrogen) atoms. The number of nitrogens with zero attached hydrogens (tertiary/aromatic N) is 5. The second kappa shape index (κ2) is 10.4. The number of anilines is 5. The number of fused-ring (bicyclic) bond motifs is 1. The average Bonchev–Trinajstić information content (AvgIpc) is 2.84. The molecule has 200 valence electrons. The first kappa shape index (κ1) is 27.1. The van der Waals surface area contributed by atoms with Crippen LogP contribution in [-0.4, -0.2) is 45.2 Å². The Morgan fingerprint density at radius 1 is 1.24 bits per heavy atom. The molecule has 1 aliphatic rings. The van der Waals surface area contributed by atoms with Crippen molar-refractivity contribution in [3.63, 3.8) is 0 Å². The molecule has 1 aromatic carbocycles. The molecular formula is C25H25ClF3N7O2. The van der Waals surface area contributed by atoms with Crippen molar-refractivity contribution in [2.24, 2.45) is 0 Å². The van der Waals surface area contributed by atoms with Crippen LogP contribution in [0, 0.1) is 6.92 Å². The Labute approximate surface area is 222 Å². The lowest BCUT2D eigenvalue weighted by molar-refractivity contribution is -0.154. The van der Waals surface area contributed by atoms with Gasteiger partial charge >= 0.3 is 6.18 Å². The third-order valence-corrected chi connectivity index (χ3v) is 6.22. The molecule has 0 spiro atoms. The number of benzene rings is 1. The van der Waals surface area contributed by atoms with Gasteiger partial charge in [0, 0.05) is 17.3 Å². The Kier molecular flexibility index (Phi) is 7.45. The van der Waals surface area contributed by atoms with Gasteiger partial charge in [-0.15, -0.1) is 0 Å². The van der Waals surface area contributed by atoms with E-state index in [2.05, 4.69) is 51.0 Å². The van der Waals surface area contributed by atoms with Gasteiger partial charge < -0.3 is 20.3 Å². The summed E-state index contributed by atoms with van der Waals surface area (Å²) < 4.78 is 43.6. The van der Waals surface area contributed by atoms with Crippen LogP contribution < -0.4 is 20.3 Å². The summed E-state index contributed by atoms with van der Waals surface area (Å²) in [6.07, 6.45) is -1.42. The van der Waals surface area contributed by atoms with E-state index in [0.29, 0.717) is 17.5 Å². The molecule has 0 unspecified atom stereocenters. The minimum Gasteiger partial charge on any atom is -0.467 e. The standard InChI is InChI=1S/C25H25ClF3N7O2/c1-5-20(37)33-17-11-18(21(32-14(17)2)38-12-25(27,28)29)34-22-30-13-31-23(35-22)36-9-8-24(3,4)16-7-6-15(26)10-19(16)36/h5-7,10-11,13H,1,8-9,12H2,2-4H3,(H,33,37)(H,30,31,34,35). The largest absolute Gasteiger partial charge is 0.467 e. The number of halogens is 4. The Morgan fingerprint density at radius 3 is 2.71 bits per heavy atom. The maximum absolute atomic E-state index is 12.9. The molecule has 13 heteroatoms. The van der Waals surface area contributed by atoms with E-state index in [-0.39, 0.29) is 34.3 Å². The lowest BCUT2D eigenvalue weighted by Gasteiger charge is -2.39. The van der Waals surface area contributed by atoms with Crippen LogP contribution in [0.1, 0.15) is 31.5 Å². The molecule has 1 amide bonds. The van der Waals surface area contributed by atoms with Crippen molar-refractivity contribution in [1.82, 2.24) is 19.9 Å². The van der Waals surface area contributed by atoms with Gasteiger partial charge in [-0.05, 0) is 48.6 Å². The van der Waals surface area contributed by atoms with Gasteiger partial charge in [0.25, 0.3) is 0 Å². The first-order valence-corrected chi connectivity index (χ1v) is 11.9. The zero-order valence-electron chi connectivity index (χ0n) is 20.9. The highest BCUT2D eigenvalue weighted by atomic mass is 35.5. The van der Waals surface area contributed by atoms with Crippen molar-refractivity contribution in [2.45, 2.75) is 38.8 Å². The predicted molar refractivity (Wildman–Crippen MR) is 139 cm³/mol. The number of carbonyl (C=O) groups excluding carboxylic acids is 1. The number of hydrogen-bond acceptors (Lipinski definition) is 8. The molecule has 0 radical (unpaired) electrons. The van der Waals surface area contributed by atoms with Gasteiger partial charge in [0.15, 0.2) is 6.61 Å². The van der Waals surface area contributed by atoms with Crippen LogP contribution in [0.15, 0.2) is 43.2 Å². The molecule has 0 aliphatic carbocycles. The van der Waals surface area contributed by atoms with E-state index >= 15 is 0 Å². The number of alkyl halides is 3. The zero-order chi connectivity index (χ0) is 27.7. The predicted octanol–water partition coefficient (Wildman–Crippen LogP) is 5.86. The second-order valence-electron chi connectivity index (χ2n) is 9.25. The summed E-state index contributed by atoms with van der Waals surface area (Å²) in [5.74, 6) is -0.501. The van der Waals surface area contributed by atoms with E-state index < -0.39 is 18.7 Å². The molecule has 0 saturated heterocycles. The van der Waals surface area contributed by atoms with Crippen LogP contribution in [0.25, 0.3) is 0 Å². The van der Waals surface area contributed by atoms with E-state index in [1.165, 1.54) is 19.3 Å². The fourth-order valence-electron chi connectivity index (χ4n) is 4.00. The van der Waals surface area contributed by atoms with E-state index in [1.54, 1.807) is 0 Å². The van der Waals surface area contributed by atoms with Crippen LogP contribution in [-0.2, 0) is 10.2 Å². The summed E-state index contributed by atoms with van der Waals surface area (Å²) in [6.45, 7) is 8.25. The van der Waals surface area contributed by atoms with Crippen molar-refractivity contribution < 1.29 is 22.7 Å². The minimum absolute atomic E-state index is 0.0135. The summed E-state index contributed by atoms with van der Waals surface area (Å²) in [6, 6.07) is 7.04. The number of rotatable bonds is 7. The van der Waals surface area contributed by atoms with Gasteiger partial charge in [-0.2, -0.15) is 18.2 Å². The van der Waals surface area contributed by atoms with Crippen molar-refractivity contribution in [1.29, 1.82) is 0 Å². The van der Waals surface area contributed by atoms with E-state index in [1.807, 2.05) is 23.1 Å². The molecule has 0 atom stereocenters. The smallest absolute Gasteiger partial charge is 0.422 e. The molecule has 3 aromatic rings. The molecule has 2 aromatic heterocycles. The topological polar surface area (TPSA) is 105 Å². The highest BCUT2D eigenvalue weighted by Gasteiger charge is 2.33. The number of carbonyl (C=O) groups is 1. The summed E-state index contributed by atoms with van der Waals surface area (Å²) in [4.78, 5) is 30.7. The molecule has 3 heterocycles. The quantitative estimate of drug-likeness (QED) is 0.355. The van der Waals surface area contributed by atoms with Crippen molar-refractivity contribution in [2.75, 3.05) is 28.7 Å². The summed E-state index contributed by atoms with van der Waals surface area (Å²) in [5.41, 5.74) is 2.34. The average molecular weight is 548 g/mol. The Balaban J connectivity index is 1.70. The van der Waals surface area contributed by atoms with Gasteiger partial charge in [0.2, 0.25) is 23.7 Å². The molecule has 0 bridgehead atoms. The van der Waals surface area contributed by atoms with Crippen molar-refractivity contribution >= 4 is 46.5 Å². The molecule has 4 rings (SSSR count). The highest BCUT2D eigenvalue weighted by Crippen LogP contribution is 2.43. The van der Waals surface area contributed by atoms with Crippen molar-refractivity contribution in [3.8, 4) is 5.88 Å². The number of ether oxygens (including phenoxy) is 1. The van der Waals surface area contributed by atoms with Crippen LogP contribution in [0.4, 0.5) is 42.1 Å². The van der Waals surface area contributed by atoms with E-state index in [9.17, 15) is 18.0 Å². The zero-order valence-corrected chi connectivity index (χ0v) is 21.6. The molecule has 9 nitrogen and oxygen atoms in total. The first-order chi connectivity index (χ1) is 17.9. The van der Waals surface area contributed by atoms with Crippen LogP contribution in [0.5, 0.6) is 5.88 Å². The molecule has 2 N–H and O–H groups in total. The van der Waals surface area contributed by atoms with Crippen LogP contribution in [0.2, 0.25) is 5.02 Å². The number of aromatic nitrogens is 4. The number of nitrogens with one attached hydrogen (secondary N) is 2. The lowest BCUT2D eigenvalue weighted by Crippen LogP contribution is -2.35. The van der Waals surface area contributed by atoms with Crippen LogP contribution >= 0.6 is 11.6 Å². The summed E-state index contributed by atoms with van der Waals surface area (Å²) >= 11 is 6.29. The Morgan fingerprint density at radius 2 is 2.00 bits per heavy atom. The highest BCUT2D eigenvalue weighted by molar-refractivity contribution is 6.30. The van der Waals surface area contributed by atoms with Gasteiger partial charge in [0.1, 0.15) is 12.0 Å². The maximum Gasteiger partial charge on any atom is 0.422 e. The minimum atomic E-state index is -4.58. The third kappa shape index (κ3) is 6.13. The first-order valence-electron chi connectivity index (χ1n) is 11.5. The normalized spacial score (nSPS) is 14.4. The third-order valence-electron chi connectivity index (χ3n) is 5.98. The lowest BCUT2D eigenvalue weighted by atomic mass is 9.78. The van der Waals surface area contributed by atoms with Gasteiger partial charge in [-0.25, -0.2) is 15.0 Å². The van der Waals surface area contributed by atoms with E-state index in [4.69, 9.17) is 16.3 Å². The van der Waals surface area contributed by atoms with Crippen molar-refractivity contribution in [3.05, 3.63) is 59.5 Å².